The number of esters is 1. The van der Waals surface area contributed by atoms with Crippen molar-refractivity contribution in [3.8, 4) is 0 Å². The lowest BCUT2D eigenvalue weighted by atomic mass is 10.1. The Morgan fingerprint density at radius 2 is 1.86 bits per heavy atom. The van der Waals surface area contributed by atoms with E-state index in [1.165, 1.54) is 18.2 Å². The molecule has 0 atom stereocenters. The van der Waals surface area contributed by atoms with Gasteiger partial charge in [-0.25, -0.2) is 13.2 Å². The van der Waals surface area contributed by atoms with Crippen LogP contribution in [0.25, 0.3) is 0 Å². The number of benzene rings is 1. The summed E-state index contributed by atoms with van der Waals surface area (Å²) in [4.78, 5) is 11.7. The van der Waals surface area contributed by atoms with Crippen molar-refractivity contribution in [3.05, 3.63) is 29.3 Å². The summed E-state index contributed by atoms with van der Waals surface area (Å²) in [5.74, 6) is -0.632. The van der Waals surface area contributed by atoms with Gasteiger partial charge in [-0.15, -0.1) is 0 Å². The Kier molecular flexibility index (Phi) is 7.10. The monoisotopic (exact) mass is 336 g/mol. The number of aryl methyl sites for hydroxylation is 1. The van der Waals surface area contributed by atoms with Crippen LogP contribution in [0.1, 0.15) is 15.9 Å². The van der Waals surface area contributed by atoms with Crippen molar-refractivity contribution < 1.29 is 27.4 Å². The molecule has 6 nitrogen and oxygen atoms in total. The van der Waals surface area contributed by atoms with E-state index in [4.69, 9.17) is 24.9 Å². The molecule has 0 aliphatic carbocycles. The van der Waals surface area contributed by atoms with Gasteiger partial charge in [-0.1, -0.05) is 6.07 Å². The molecule has 0 N–H and O–H groups in total. The Morgan fingerprint density at radius 3 is 2.48 bits per heavy atom. The maximum Gasteiger partial charge on any atom is 0.338 e. The van der Waals surface area contributed by atoms with Gasteiger partial charge in [-0.2, -0.15) is 0 Å². The molecule has 118 valence electrons. The highest BCUT2D eigenvalue weighted by Gasteiger charge is 2.17. The molecule has 0 spiro atoms. The number of ether oxygens (including phenoxy) is 3. The lowest BCUT2D eigenvalue weighted by molar-refractivity contribution is 0.0213. The van der Waals surface area contributed by atoms with Crippen LogP contribution in [0.2, 0.25) is 0 Å². The van der Waals surface area contributed by atoms with Gasteiger partial charge in [0.15, 0.2) is 0 Å². The third-order valence-corrected chi connectivity index (χ3v) is 4.04. The van der Waals surface area contributed by atoms with E-state index in [0.717, 1.165) is 0 Å². The normalized spacial score (nSPS) is 11.4. The second-order valence-corrected chi connectivity index (χ2v) is 6.69. The second-order valence-electron chi connectivity index (χ2n) is 4.16. The molecule has 8 heteroatoms. The van der Waals surface area contributed by atoms with E-state index >= 15 is 0 Å². The molecule has 0 aliphatic heterocycles. The molecular formula is C13H17ClO6S. The quantitative estimate of drug-likeness (QED) is 0.409. The standard InChI is InChI=1S/C13H17ClO6S/c1-10-3-4-11(9-12(10)21(14,16)17)13(15)20-8-7-19-6-5-18-2/h3-4,9H,5-8H2,1-2H3. The number of rotatable bonds is 8. The van der Waals surface area contributed by atoms with E-state index in [9.17, 15) is 13.2 Å². The van der Waals surface area contributed by atoms with Crippen LogP contribution in [0.15, 0.2) is 23.1 Å². The van der Waals surface area contributed by atoms with Crippen LogP contribution in [-0.4, -0.2) is 47.9 Å². The fourth-order valence-corrected chi connectivity index (χ4v) is 2.73. The van der Waals surface area contributed by atoms with Gasteiger partial charge in [0.05, 0.1) is 30.3 Å². The molecule has 0 radical (unpaired) electrons. The minimum Gasteiger partial charge on any atom is -0.460 e. The summed E-state index contributed by atoms with van der Waals surface area (Å²) in [7, 11) is 2.96. The molecule has 21 heavy (non-hydrogen) atoms. The van der Waals surface area contributed by atoms with E-state index in [1.807, 2.05) is 0 Å². The minimum atomic E-state index is -3.90. The molecule has 0 aliphatic rings. The lowest BCUT2D eigenvalue weighted by Crippen LogP contribution is -2.13. The first-order valence-electron chi connectivity index (χ1n) is 6.15. The number of methoxy groups -OCH3 is 1. The highest BCUT2D eigenvalue weighted by Crippen LogP contribution is 2.21. The van der Waals surface area contributed by atoms with Crippen molar-refractivity contribution in [1.29, 1.82) is 0 Å². The fourth-order valence-electron chi connectivity index (χ4n) is 1.51. The zero-order valence-corrected chi connectivity index (χ0v) is 13.4. The molecule has 0 unspecified atom stereocenters. The van der Waals surface area contributed by atoms with Crippen LogP contribution in [0, 0.1) is 6.92 Å². The molecule has 0 saturated carbocycles. The third-order valence-electron chi connectivity index (χ3n) is 2.58. The van der Waals surface area contributed by atoms with Gasteiger partial charge in [0, 0.05) is 17.8 Å². The Labute approximate surface area is 128 Å². The van der Waals surface area contributed by atoms with Gasteiger partial charge < -0.3 is 14.2 Å². The zero-order chi connectivity index (χ0) is 15.9. The highest BCUT2D eigenvalue weighted by molar-refractivity contribution is 8.13. The van der Waals surface area contributed by atoms with E-state index < -0.39 is 15.0 Å². The third kappa shape index (κ3) is 6.01. The Balaban J connectivity index is 2.59. The van der Waals surface area contributed by atoms with Crippen molar-refractivity contribution in [3.63, 3.8) is 0 Å². The van der Waals surface area contributed by atoms with Gasteiger partial charge in [-0.3, -0.25) is 0 Å². The summed E-state index contributed by atoms with van der Waals surface area (Å²) in [6.45, 7) is 2.77. The average Bonchev–Trinajstić information content (AvgIpc) is 2.41. The molecule has 1 aromatic rings. The number of halogens is 1. The van der Waals surface area contributed by atoms with E-state index in [2.05, 4.69) is 0 Å². The van der Waals surface area contributed by atoms with Crippen LogP contribution in [0.3, 0.4) is 0 Å². The molecule has 0 amide bonds. The average molecular weight is 337 g/mol. The Bertz CT molecular complexity index is 584. The van der Waals surface area contributed by atoms with E-state index in [-0.39, 0.29) is 23.7 Å². The smallest absolute Gasteiger partial charge is 0.338 e. The van der Waals surface area contributed by atoms with E-state index in [1.54, 1.807) is 14.0 Å². The SMILES string of the molecule is COCCOCCOC(=O)c1ccc(C)c(S(=O)(=O)Cl)c1. The summed E-state index contributed by atoms with van der Waals surface area (Å²) in [6.07, 6.45) is 0. The predicted octanol–water partition coefficient (Wildman–Crippen LogP) is 1.74. The summed E-state index contributed by atoms with van der Waals surface area (Å²) < 4.78 is 37.6. The largest absolute Gasteiger partial charge is 0.460 e. The minimum absolute atomic E-state index is 0.0688. The lowest BCUT2D eigenvalue weighted by Gasteiger charge is -2.08. The van der Waals surface area contributed by atoms with Crippen LogP contribution in [0.5, 0.6) is 0 Å². The summed E-state index contributed by atoms with van der Waals surface area (Å²) >= 11 is 0. The maximum absolute atomic E-state index is 11.8. The molecule has 0 bridgehead atoms. The zero-order valence-electron chi connectivity index (χ0n) is 11.8. The van der Waals surface area contributed by atoms with Crippen molar-refractivity contribution in [1.82, 2.24) is 0 Å². The van der Waals surface area contributed by atoms with Gasteiger partial charge in [-0.05, 0) is 24.6 Å². The first-order chi connectivity index (χ1) is 9.86. The first-order valence-corrected chi connectivity index (χ1v) is 8.46. The molecule has 1 rings (SSSR count). The summed E-state index contributed by atoms with van der Waals surface area (Å²) in [6, 6.07) is 4.18. The summed E-state index contributed by atoms with van der Waals surface area (Å²) in [5, 5.41) is 0. The van der Waals surface area contributed by atoms with Crippen molar-refractivity contribution in [2.75, 3.05) is 33.5 Å². The highest BCUT2D eigenvalue weighted by atomic mass is 35.7. The van der Waals surface area contributed by atoms with Crippen LogP contribution in [0.4, 0.5) is 0 Å². The fraction of sp³-hybridized carbons (Fsp3) is 0.462. The molecular weight excluding hydrogens is 320 g/mol. The Hall–Kier alpha value is -1.15. The van der Waals surface area contributed by atoms with Crippen LogP contribution < -0.4 is 0 Å². The second kappa shape index (κ2) is 8.33. The number of carbonyl (C=O) groups is 1. The first kappa shape index (κ1) is 17.9. The number of hydrogen-bond donors (Lipinski definition) is 0. The molecule has 0 heterocycles. The van der Waals surface area contributed by atoms with Crippen LogP contribution in [-0.2, 0) is 23.3 Å². The summed E-state index contributed by atoms with van der Waals surface area (Å²) in [5.41, 5.74) is 0.584. The van der Waals surface area contributed by atoms with Gasteiger partial charge in [0.1, 0.15) is 6.61 Å². The van der Waals surface area contributed by atoms with Crippen molar-refractivity contribution >= 4 is 25.7 Å². The molecule has 1 aromatic carbocycles. The van der Waals surface area contributed by atoms with Crippen molar-refractivity contribution in [2.45, 2.75) is 11.8 Å². The Morgan fingerprint density at radius 1 is 1.19 bits per heavy atom. The molecule has 0 aromatic heterocycles. The topological polar surface area (TPSA) is 78.9 Å². The van der Waals surface area contributed by atoms with Gasteiger partial charge in [0.25, 0.3) is 9.05 Å². The number of hydrogen-bond acceptors (Lipinski definition) is 6. The van der Waals surface area contributed by atoms with Gasteiger partial charge >= 0.3 is 5.97 Å². The maximum atomic E-state index is 11.8. The molecule has 0 saturated heterocycles. The number of carbonyl (C=O) groups excluding carboxylic acids is 1. The van der Waals surface area contributed by atoms with E-state index in [0.29, 0.717) is 18.8 Å². The van der Waals surface area contributed by atoms with Crippen molar-refractivity contribution in [2.24, 2.45) is 0 Å². The molecule has 0 fully saturated rings. The predicted molar refractivity (Wildman–Crippen MR) is 77.2 cm³/mol. The van der Waals surface area contributed by atoms with Crippen LogP contribution >= 0.6 is 10.7 Å². The van der Waals surface area contributed by atoms with Gasteiger partial charge in [0.2, 0.25) is 0 Å².